The number of halogens is 1. The average Bonchev–Trinajstić information content (AvgIpc) is 3.36. The quantitative estimate of drug-likeness (QED) is 0.432. The number of ether oxygens (including phenoxy) is 1. The Hall–Kier alpha value is -2.25. The second-order valence-corrected chi connectivity index (χ2v) is 12.9. The highest BCUT2D eigenvalue weighted by Gasteiger charge is 2.55. The van der Waals surface area contributed by atoms with Gasteiger partial charge in [0.25, 0.3) is 0 Å². The molecule has 4 saturated carbocycles. The van der Waals surface area contributed by atoms with Crippen LogP contribution in [-0.2, 0) is 20.7 Å². The van der Waals surface area contributed by atoms with Crippen LogP contribution < -0.4 is 0 Å². The summed E-state index contributed by atoms with van der Waals surface area (Å²) in [5.41, 5.74) is 1.75. The molecule has 2 amide bonds. The van der Waals surface area contributed by atoms with Crippen LogP contribution in [0.5, 0.6) is 0 Å². The molecular weight excluding hydrogens is 487 g/mol. The molecule has 1 aromatic heterocycles. The molecule has 4 bridgehead atoms. The Balaban J connectivity index is 1.26. The summed E-state index contributed by atoms with van der Waals surface area (Å²) in [5, 5.41) is 2.07. The molecule has 1 aliphatic heterocycles. The zero-order chi connectivity index (χ0) is 25.6. The van der Waals surface area contributed by atoms with E-state index >= 15 is 0 Å². The summed E-state index contributed by atoms with van der Waals surface area (Å²) in [7, 11) is 1.68. The van der Waals surface area contributed by atoms with Crippen LogP contribution in [-0.4, -0.2) is 55.0 Å². The second kappa shape index (κ2) is 10.1. The fourth-order valence-corrected chi connectivity index (χ4v) is 9.11. The minimum atomic E-state index is -0.284. The molecular formula is C30H37FN2O3S. The zero-order valence-electron chi connectivity index (χ0n) is 21.7. The minimum Gasteiger partial charge on any atom is -0.385 e. The van der Waals surface area contributed by atoms with E-state index in [4.69, 9.17) is 4.74 Å². The number of nitrogens with zero attached hydrogens (tertiary/aromatic N) is 2. The topological polar surface area (TPSA) is 49.9 Å². The molecule has 2 aromatic rings. The normalized spacial score (nSPS) is 29.8. The van der Waals surface area contributed by atoms with E-state index in [-0.39, 0.29) is 35.6 Å². The number of thiophene rings is 1. The Morgan fingerprint density at radius 2 is 1.76 bits per heavy atom. The minimum absolute atomic E-state index is 0.0262. The predicted molar refractivity (Wildman–Crippen MR) is 142 cm³/mol. The van der Waals surface area contributed by atoms with Crippen LogP contribution in [0.1, 0.15) is 67.0 Å². The maximum Gasteiger partial charge on any atom is 0.242 e. The van der Waals surface area contributed by atoms with Crippen molar-refractivity contribution in [2.24, 2.45) is 23.2 Å². The van der Waals surface area contributed by atoms with Crippen LogP contribution in [0.15, 0.2) is 35.7 Å². The number of carbonyl (C=O) groups excluding carboxylic acids is 2. The fourth-order valence-electron chi connectivity index (χ4n) is 8.20. The standard InChI is InChI=1S/C30H37FN2O3S/c1-36-11-2-9-32(29(35)30-16-20-13-21(17-30)15-22(14-20)18-30)19-27(34)33-10-7-26-25(8-12-37-26)28(33)23-3-5-24(31)6-4-23/h3-6,8,12,20-22,28H,2,7,9-11,13-19H2,1H3. The van der Waals surface area contributed by atoms with Crippen molar-refractivity contribution in [2.75, 3.05) is 33.4 Å². The third kappa shape index (κ3) is 4.74. The summed E-state index contributed by atoms with van der Waals surface area (Å²) < 4.78 is 19.0. The number of methoxy groups -OCH3 is 1. The van der Waals surface area contributed by atoms with Crippen molar-refractivity contribution in [2.45, 2.75) is 57.4 Å². The van der Waals surface area contributed by atoms with Gasteiger partial charge in [-0.3, -0.25) is 9.59 Å². The summed E-state index contributed by atoms with van der Waals surface area (Å²) in [5.74, 6) is 1.91. The zero-order valence-corrected chi connectivity index (χ0v) is 22.5. The maximum atomic E-state index is 14.2. The molecule has 4 aliphatic carbocycles. The first-order valence-corrected chi connectivity index (χ1v) is 14.7. The van der Waals surface area contributed by atoms with Crippen molar-refractivity contribution in [3.05, 3.63) is 57.5 Å². The molecule has 5 aliphatic rings. The lowest BCUT2D eigenvalue weighted by atomic mass is 9.49. The molecule has 4 fully saturated rings. The molecule has 0 radical (unpaired) electrons. The molecule has 198 valence electrons. The van der Waals surface area contributed by atoms with Crippen molar-refractivity contribution < 1.29 is 18.7 Å². The SMILES string of the molecule is COCCCN(CC(=O)N1CCc2sccc2C1c1ccc(F)cc1)C(=O)C12CC3CC(CC(C3)C1)C2. The lowest BCUT2D eigenvalue weighted by molar-refractivity contribution is -0.160. The van der Waals surface area contributed by atoms with Gasteiger partial charge in [-0.05, 0) is 104 Å². The summed E-state index contributed by atoms with van der Waals surface area (Å²) in [6.07, 6.45) is 8.36. The van der Waals surface area contributed by atoms with Crippen LogP contribution in [0, 0.1) is 29.0 Å². The van der Waals surface area contributed by atoms with Gasteiger partial charge < -0.3 is 14.5 Å². The molecule has 0 N–H and O–H groups in total. The number of hydrogen-bond donors (Lipinski definition) is 0. The van der Waals surface area contributed by atoms with Crippen molar-refractivity contribution >= 4 is 23.2 Å². The first kappa shape index (κ1) is 25.1. The van der Waals surface area contributed by atoms with E-state index in [9.17, 15) is 14.0 Å². The van der Waals surface area contributed by atoms with Gasteiger partial charge in [-0.2, -0.15) is 0 Å². The Morgan fingerprint density at radius 3 is 2.41 bits per heavy atom. The molecule has 2 heterocycles. The first-order chi connectivity index (χ1) is 18.0. The van der Waals surface area contributed by atoms with Crippen molar-refractivity contribution in [1.82, 2.24) is 9.80 Å². The van der Waals surface area contributed by atoms with Gasteiger partial charge in [0.1, 0.15) is 5.82 Å². The van der Waals surface area contributed by atoms with Crippen molar-refractivity contribution in [3.8, 4) is 0 Å². The molecule has 7 heteroatoms. The van der Waals surface area contributed by atoms with Crippen LogP contribution in [0.25, 0.3) is 0 Å². The number of rotatable bonds is 8. The highest BCUT2D eigenvalue weighted by Crippen LogP contribution is 2.60. The molecule has 1 atom stereocenters. The predicted octanol–water partition coefficient (Wildman–Crippen LogP) is 5.44. The Labute approximate surface area is 223 Å². The molecule has 0 spiro atoms. The van der Waals surface area contributed by atoms with Gasteiger partial charge >= 0.3 is 0 Å². The first-order valence-electron chi connectivity index (χ1n) is 13.9. The molecule has 5 nitrogen and oxygen atoms in total. The van der Waals surface area contributed by atoms with E-state index in [0.29, 0.717) is 37.5 Å². The lowest BCUT2D eigenvalue weighted by Gasteiger charge is -2.56. The fraction of sp³-hybridized carbons (Fsp3) is 0.600. The Kier molecular flexibility index (Phi) is 6.87. The van der Waals surface area contributed by atoms with Crippen molar-refractivity contribution in [3.63, 3.8) is 0 Å². The number of carbonyl (C=O) groups is 2. The van der Waals surface area contributed by atoms with Gasteiger partial charge in [-0.15, -0.1) is 11.3 Å². The largest absolute Gasteiger partial charge is 0.385 e. The average molecular weight is 525 g/mol. The van der Waals surface area contributed by atoms with E-state index in [1.54, 1.807) is 30.6 Å². The maximum absolute atomic E-state index is 14.2. The third-order valence-corrected chi connectivity index (χ3v) is 10.4. The smallest absolute Gasteiger partial charge is 0.242 e. The van der Waals surface area contributed by atoms with Crippen LogP contribution >= 0.6 is 11.3 Å². The summed E-state index contributed by atoms with van der Waals surface area (Å²) in [4.78, 5) is 33.3. The van der Waals surface area contributed by atoms with Crippen molar-refractivity contribution in [1.29, 1.82) is 0 Å². The van der Waals surface area contributed by atoms with E-state index in [1.165, 1.54) is 36.3 Å². The number of amides is 2. The van der Waals surface area contributed by atoms with E-state index in [0.717, 1.165) is 43.2 Å². The van der Waals surface area contributed by atoms with E-state index in [2.05, 4.69) is 11.4 Å². The van der Waals surface area contributed by atoms with Gasteiger partial charge in [0.2, 0.25) is 11.8 Å². The summed E-state index contributed by atoms with van der Waals surface area (Å²) in [6.45, 7) is 1.81. The summed E-state index contributed by atoms with van der Waals surface area (Å²) in [6, 6.07) is 8.33. The number of benzene rings is 1. The Bertz CT molecular complexity index is 1110. The van der Waals surface area contributed by atoms with E-state index in [1.807, 2.05) is 9.80 Å². The van der Waals surface area contributed by atoms with E-state index < -0.39 is 0 Å². The van der Waals surface area contributed by atoms with Crippen LogP contribution in [0.2, 0.25) is 0 Å². The molecule has 0 saturated heterocycles. The highest BCUT2D eigenvalue weighted by atomic mass is 32.1. The van der Waals surface area contributed by atoms with Crippen LogP contribution in [0.3, 0.4) is 0 Å². The van der Waals surface area contributed by atoms with Gasteiger partial charge in [0.15, 0.2) is 0 Å². The molecule has 37 heavy (non-hydrogen) atoms. The van der Waals surface area contributed by atoms with Gasteiger partial charge in [-0.1, -0.05) is 12.1 Å². The van der Waals surface area contributed by atoms with Gasteiger partial charge in [0.05, 0.1) is 18.0 Å². The monoisotopic (exact) mass is 524 g/mol. The highest BCUT2D eigenvalue weighted by molar-refractivity contribution is 7.10. The molecule has 1 aromatic carbocycles. The third-order valence-electron chi connectivity index (χ3n) is 9.35. The second-order valence-electron chi connectivity index (χ2n) is 11.9. The Morgan fingerprint density at radius 1 is 1.08 bits per heavy atom. The number of hydrogen-bond acceptors (Lipinski definition) is 4. The van der Waals surface area contributed by atoms with Crippen LogP contribution in [0.4, 0.5) is 4.39 Å². The van der Waals surface area contributed by atoms with Gasteiger partial charge in [-0.25, -0.2) is 4.39 Å². The summed E-state index contributed by atoms with van der Waals surface area (Å²) >= 11 is 1.71. The number of fused-ring (bicyclic) bond motifs is 1. The molecule has 7 rings (SSSR count). The van der Waals surface area contributed by atoms with Gasteiger partial charge in [0, 0.05) is 31.7 Å². The molecule has 1 unspecified atom stereocenters. The lowest BCUT2D eigenvalue weighted by Crippen LogP contribution is -2.56.